The second kappa shape index (κ2) is 17.6. The first kappa shape index (κ1) is 52.6. The minimum Gasteiger partial charge on any atom is -0.311 e. The largest absolute Gasteiger partial charge is 0.311 e. The van der Waals surface area contributed by atoms with E-state index in [2.05, 4.69) is 283 Å². The van der Waals surface area contributed by atoms with Crippen molar-refractivity contribution in [3.63, 3.8) is 0 Å². The minimum absolute atomic E-state index is 0.00411. The van der Waals surface area contributed by atoms with Crippen LogP contribution in [0.4, 0.5) is 51.2 Å². The van der Waals surface area contributed by atoms with Gasteiger partial charge in [-0.15, -0.1) is 0 Å². The first-order valence-corrected chi connectivity index (χ1v) is 30.1. The van der Waals surface area contributed by atoms with Gasteiger partial charge in [0.25, 0.3) is 6.71 Å². The maximum absolute atomic E-state index is 2.77. The third kappa shape index (κ3) is 7.95. The zero-order valence-corrected chi connectivity index (χ0v) is 51.0. The SMILES string of the molecule is Cc1cc2c(cc1N1c3ccc(C(C)(C)c4ccccc4)cc3B3c4cc5c(cc4N(c4cc6c(cc4C)C(C)(C)CC6(C)C)c4cc(N(c6ccccc6)c6ccccc6)cc1c43)C(C)(C)CCC5(C)C)C(C)(C)CCC2(C)C. The topological polar surface area (TPSA) is 9.72 Å². The highest BCUT2D eigenvalue weighted by molar-refractivity contribution is 7.00. The maximum atomic E-state index is 2.77. The van der Waals surface area contributed by atoms with Crippen LogP contribution in [0, 0.1) is 13.8 Å². The van der Waals surface area contributed by atoms with Crippen molar-refractivity contribution in [1.29, 1.82) is 0 Å². The number of aryl methyl sites for hydroxylation is 2. The maximum Gasteiger partial charge on any atom is 0.252 e. The Labute approximate surface area is 480 Å². The second-order valence-electron chi connectivity index (χ2n) is 29.6. The highest BCUT2D eigenvalue weighted by Crippen LogP contribution is 2.57. The van der Waals surface area contributed by atoms with Crippen molar-refractivity contribution in [1.82, 2.24) is 0 Å². The summed E-state index contributed by atoms with van der Waals surface area (Å²) in [5.74, 6) is 0. The average Bonchev–Trinajstić information content (AvgIpc) is 1.34. The van der Waals surface area contributed by atoms with Gasteiger partial charge in [-0.05, 0) is 211 Å². The van der Waals surface area contributed by atoms with Crippen LogP contribution in [-0.2, 0) is 37.9 Å². The zero-order chi connectivity index (χ0) is 56.4. The molecule has 0 amide bonds. The molecule has 0 atom stereocenters. The molecule has 406 valence electrons. The number of hydrogen-bond acceptors (Lipinski definition) is 3. The van der Waals surface area contributed by atoms with Crippen LogP contribution in [0.15, 0.2) is 158 Å². The molecule has 0 N–H and O–H groups in total. The Bertz CT molecular complexity index is 3780. The van der Waals surface area contributed by atoms with Gasteiger partial charge in [0.05, 0.1) is 5.69 Å². The molecule has 0 fully saturated rings. The van der Waals surface area contributed by atoms with E-state index >= 15 is 0 Å². The molecule has 8 aromatic rings. The lowest BCUT2D eigenvalue weighted by Crippen LogP contribution is -2.62. The van der Waals surface area contributed by atoms with E-state index in [9.17, 15) is 0 Å². The van der Waals surface area contributed by atoms with Crippen molar-refractivity contribution in [3.05, 3.63) is 213 Å². The Morgan fingerprint density at radius 3 is 1.24 bits per heavy atom. The number of nitrogens with zero attached hydrogens (tertiary/aromatic N) is 3. The summed E-state index contributed by atoms with van der Waals surface area (Å²) in [6, 6.07) is 61.9. The van der Waals surface area contributed by atoms with Crippen LogP contribution in [0.3, 0.4) is 0 Å². The van der Waals surface area contributed by atoms with Gasteiger partial charge in [0, 0.05) is 50.9 Å². The zero-order valence-electron chi connectivity index (χ0n) is 51.0. The van der Waals surface area contributed by atoms with Crippen molar-refractivity contribution in [2.24, 2.45) is 0 Å². The molecule has 0 saturated carbocycles. The highest BCUT2D eigenvalue weighted by atomic mass is 15.2. The Balaban J connectivity index is 1.21. The third-order valence-electron chi connectivity index (χ3n) is 20.9. The van der Waals surface area contributed by atoms with E-state index in [0.717, 1.165) is 42.7 Å². The normalized spacial score (nSPS) is 19.0. The molecule has 3 aliphatic carbocycles. The lowest BCUT2D eigenvalue weighted by molar-refractivity contribution is 0.332. The van der Waals surface area contributed by atoms with Crippen molar-refractivity contribution in [2.45, 2.75) is 181 Å². The summed E-state index contributed by atoms with van der Waals surface area (Å²) in [7, 11) is 0. The molecule has 0 aromatic heterocycles. The number of fused-ring (bicyclic) bond motifs is 7. The summed E-state index contributed by atoms with van der Waals surface area (Å²) < 4.78 is 0. The third-order valence-corrected chi connectivity index (χ3v) is 20.9. The van der Waals surface area contributed by atoms with Crippen molar-refractivity contribution in [3.8, 4) is 0 Å². The summed E-state index contributed by atoms with van der Waals surface area (Å²) in [5.41, 5.74) is 29.2. The summed E-state index contributed by atoms with van der Waals surface area (Å²) >= 11 is 0. The molecule has 0 spiro atoms. The molecule has 0 bridgehead atoms. The van der Waals surface area contributed by atoms with Crippen molar-refractivity contribution < 1.29 is 0 Å². The van der Waals surface area contributed by atoms with Crippen LogP contribution in [0.25, 0.3) is 0 Å². The fourth-order valence-electron chi connectivity index (χ4n) is 16.0. The van der Waals surface area contributed by atoms with Gasteiger partial charge in [-0.25, -0.2) is 0 Å². The summed E-state index contributed by atoms with van der Waals surface area (Å²) in [4.78, 5) is 8.00. The van der Waals surface area contributed by atoms with Crippen LogP contribution >= 0.6 is 0 Å². The monoisotopic (exact) mass is 1050 g/mol. The molecule has 0 saturated heterocycles. The molecule has 4 heteroatoms. The molecule has 80 heavy (non-hydrogen) atoms. The Kier molecular flexibility index (Phi) is 11.6. The summed E-state index contributed by atoms with van der Waals surface area (Å²) in [5, 5.41) is 0. The predicted octanol–water partition coefficient (Wildman–Crippen LogP) is 18.8. The van der Waals surface area contributed by atoms with E-state index in [-0.39, 0.29) is 44.6 Å². The Morgan fingerprint density at radius 1 is 0.362 bits per heavy atom. The first-order valence-electron chi connectivity index (χ1n) is 30.1. The molecular formula is C76H84BN3. The molecular weight excluding hydrogens is 966 g/mol. The van der Waals surface area contributed by atoms with Crippen molar-refractivity contribution >= 4 is 74.3 Å². The number of para-hydroxylation sites is 2. The molecule has 13 rings (SSSR count). The molecule has 3 nitrogen and oxygen atoms in total. The predicted molar refractivity (Wildman–Crippen MR) is 344 cm³/mol. The average molecular weight is 1050 g/mol. The van der Waals surface area contributed by atoms with E-state index in [1.54, 1.807) is 0 Å². The van der Waals surface area contributed by atoms with E-state index in [1.807, 2.05) is 0 Å². The van der Waals surface area contributed by atoms with Gasteiger partial charge < -0.3 is 14.7 Å². The molecule has 2 aliphatic heterocycles. The van der Waals surface area contributed by atoms with Crippen LogP contribution < -0.4 is 31.1 Å². The smallest absolute Gasteiger partial charge is 0.252 e. The quantitative estimate of drug-likeness (QED) is 0.147. The number of rotatable bonds is 7. The van der Waals surface area contributed by atoms with Gasteiger partial charge in [-0.1, -0.05) is 194 Å². The van der Waals surface area contributed by atoms with Crippen molar-refractivity contribution in [2.75, 3.05) is 14.7 Å². The van der Waals surface area contributed by atoms with Crippen LogP contribution in [0.1, 0.15) is 185 Å². The standard InChI is InChI=1S/C76H84BN3/c1-48-38-55-58(72(7,8)36-34-70(55,3)4)44-64(48)79-63-33-32-51(76(15,16)50-26-20-17-21-27-50)40-61(63)77-62-43-57-59(73(9,10)37-35-71(57,5)6)46-66(62)80(65-45-60-56(39-49(65)2)74(11,12)47-75(60,13)14)68-42-54(41-67(79)69(68)77)78(52-28-22-18-23-29-52)53-30-24-19-25-31-53/h17-33,38-46H,34-37,47H2,1-16H3. The molecule has 2 heterocycles. The minimum atomic E-state index is -0.259. The number of benzene rings is 8. The second-order valence-corrected chi connectivity index (χ2v) is 29.6. The highest BCUT2D eigenvalue weighted by Gasteiger charge is 2.50. The van der Waals surface area contributed by atoms with E-state index < -0.39 is 0 Å². The molecule has 8 aromatic carbocycles. The fourth-order valence-corrected chi connectivity index (χ4v) is 16.0. The number of anilines is 9. The Morgan fingerprint density at radius 2 is 0.750 bits per heavy atom. The van der Waals surface area contributed by atoms with Gasteiger partial charge in [0.1, 0.15) is 0 Å². The van der Waals surface area contributed by atoms with Gasteiger partial charge in [-0.3, -0.25) is 0 Å². The van der Waals surface area contributed by atoms with Crippen LogP contribution in [0.2, 0.25) is 0 Å². The van der Waals surface area contributed by atoms with E-state index in [0.29, 0.717) is 0 Å². The van der Waals surface area contributed by atoms with E-state index in [4.69, 9.17) is 0 Å². The molecule has 0 unspecified atom stereocenters. The summed E-state index contributed by atoms with van der Waals surface area (Å²) in [6.07, 6.45) is 5.74. The molecule has 0 radical (unpaired) electrons. The van der Waals surface area contributed by atoms with Crippen LogP contribution in [-0.4, -0.2) is 6.71 Å². The van der Waals surface area contributed by atoms with Gasteiger partial charge in [-0.2, -0.15) is 0 Å². The molecule has 5 aliphatic rings. The number of hydrogen-bond donors (Lipinski definition) is 0. The fraction of sp³-hybridized carbons (Fsp3) is 0.368. The van der Waals surface area contributed by atoms with Gasteiger partial charge in [0.2, 0.25) is 0 Å². The lowest BCUT2D eigenvalue weighted by atomic mass is 9.33. The summed E-state index contributed by atoms with van der Waals surface area (Å²) in [6.45, 7) is 39.4. The van der Waals surface area contributed by atoms with Gasteiger partial charge in [0.15, 0.2) is 0 Å². The Hall–Kier alpha value is -6.78. The van der Waals surface area contributed by atoms with E-state index in [1.165, 1.54) is 113 Å². The van der Waals surface area contributed by atoms with Gasteiger partial charge >= 0.3 is 0 Å². The van der Waals surface area contributed by atoms with Crippen LogP contribution in [0.5, 0.6) is 0 Å². The first-order chi connectivity index (χ1) is 37.7. The lowest BCUT2D eigenvalue weighted by Gasteiger charge is -2.48.